The van der Waals surface area contributed by atoms with Crippen LogP contribution < -0.4 is 10.6 Å². The summed E-state index contributed by atoms with van der Waals surface area (Å²) in [7, 11) is 0. The summed E-state index contributed by atoms with van der Waals surface area (Å²) in [6.07, 6.45) is 1.32. The first-order valence-corrected chi connectivity index (χ1v) is 8.87. The molecule has 4 nitrogen and oxygen atoms in total. The molecule has 1 aliphatic rings. The van der Waals surface area contributed by atoms with Crippen LogP contribution in [0.25, 0.3) is 0 Å². The van der Waals surface area contributed by atoms with Crippen LogP contribution in [0, 0.1) is 11.8 Å². The van der Waals surface area contributed by atoms with E-state index in [1.165, 1.54) is 0 Å². The Kier molecular flexibility index (Phi) is 5.61. The van der Waals surface area contributed by atoms with E-state index in [1.807, 2.05) is 24.3 Å². The molecular weight excluding hydrogens is 359 g/mol. The molecule has 130 valence electrons. The molecule has 0 aliphatic heterocycles. The number of rotatable bonds is 6. The highest BCUT2D eigenvalue weighted by Gasteiger charge is 2.47. The van der Waals surface area contributed by atoms with E-state index >= 15 is 0 Å². The van der Waals surface area contributed by atoms with Gasteiger partial charge in [0, 0.05) is 22.3 Å². The van der Waals surface area contributed by atoms with E-state index in [9.17, 15) is 9.59 Å². The molecule has 2 aromatic rings. The van der Waals surface area contributed by atoms with E-state index in [0.717, 1.165) is 12.0 Å². The average molecular weight is 377 g/mol. The van der Waals surface area contributed by atoms with Crippen LogP contribution >= 0.6 is 23.2 Å². The van der Waals surface area contributed by atoms with Gasteiger partial charge in [-0.3, -0.25) is 9.59 Å². The first kappa shape index (κ1) is 17.8. The molecule has 1 fully saturated rings. The standard InChI is InChI=1S/C19H18Cl2N2O2/c20-13-3-1-12(2-4-13)9-10-22-18(24)16-11-17(16)19(25)23-15-7-5-14(21)6-8-15/h1-8,16-17H,9-11H2,(H,22,24)(H,23,25). The fourth-order valence-electron chi connectivity index (χ4n) is 2.65. The molecule has 2 aromatic carbocycles. The van der Waals surface area contributed by atoms with Crippen LogP contribution in [0.5, 0.6) is 0 Å². The molecule has 0 spiro atoms. The van der Waals surface area contributed by atoms with Crippen molar-refractivity contribution < 1.29 is 9.59 Å². The number of hydrogen-bond donors (Lipinski definition) is 2. The highest BCUT2D eigenvalue weighted by atomic mass is 35.5. The van der Waals surface area contributed by atoms with Crippen molar-refractivity contribution in [2.45, 2.75) is 12.8 Å². The third-order valence-electron chi connectivity index (χ3n) is 4.20. The Morgan fingerprint density at radius 2 is 1.44 bits per heavy atom. The lowest BCUT2D eigenvalue weighted by Crippen LogP contribution is -2.29. The number of anilines is 1. The van der Waals surface area contributed by atoms with Crippen molar-refractivity contribution in [1.82, 2.24) is 5.32 Å². The van der Waals surface area contributed by atoms with E-state index in [0.29, 0.717) is 28.7 Å². The van der Waals surface area contributed by atoms with E-state index in [4.69, 9.17) is 23.2 Å². The molecule has 2 N–H and O–H groups in total. The van der Waals surface area contributed by atoms with Crippen molar-refractivity contribution in [2.75, 3.05) is 11.9 Å². The molecule has 0 bridgehead atoms. The summed E-state index contributed by atoms with van der Waals surface area (Å²) in [5, 5.41) is 7.02. The van der Waals surface area contributed by atoms with Crippen LogP contribution in [-0.4, -0.2) is 18.4 Å². The molecule has 0 heterocycles. The molecule has 0 saturated heterocycles. The van der Waals surface area contributed by atoms with E-state index in [-0.39, 0.29) is 23.7 Å². The van der Waals surface area contributed by atoms with E-state index < -0.39 is 0 Å². The van der Waals surface area contributed by atoms with Gasteiger partial charge in [-0.05, 0) is 54.8 Å². The lowest BCUT2D eigenvalue weighted by atomic mass is 10.1. The lowest BCUT2D eigenvalue weighted by Gasteiger charge is -2.06. The van der Waals surface area contributed by atoms with E-state index in [2.05, 4.69) is 10.6 Å². The van der Waals surface area contributed by atoms with Gasteiger partial charge in [-0.15, -0.1) is 0 Å². The number of carbonyl (C=O) groups excluding carboxylic acids is 2. The van der Waals surface area contributed by atoms with Gasteiger partial charge in [-0.1, -0.05) is 35.3 Å². The van der Waals surface area contributed by atoms with Gasteiger partial charge >= 0.3 is 0 Å². The van der Waals surface area contributed by atoms with Gasteiger partial charge in [0.15, 0.2) is 0 Å². The van der Waals surface area contributed by atoms with Crippen molar-refractivity contribution in [1.29, 1.82) is 0 Å². The number of nitrogens with one attached hydrogen (secondary N) is 2. The molecule has 1 saturated carbocycles. The fraction of sp³-hybridized carbons (Fsp3) is 0.263. The van der Waals surface area contributed by atoms with Gasteiger partial charge < -0.3 is 10.6 Å². The Morgan fingerprint density at radius 1 is 0.880 bits per heavy atom. The Labute approximate surface area is 156 Å². The Morgan fingerprint density at radius 3 is 2.08 bits per heavy atom. The summed E-state index contributed by atoms with van der Waals surface area (Å²) >= 11 is 11.7. The zero-order valence-electron chi connectivity index (χ0n) is 13.5. The molecule has 6 heteroatoms. The Hall–Kier alpha value is -2.04. The first-order chi connectivity index (χ1) is 12.0. The first-order valence-electron chi connectivity index (χ1n) is 8.11. The maximum absolute atomic E-state index is 12.2. The molecule has 2 atom stereocenters. The second kappa shape index (κ2) is 7.89. The van der Waals surface area contributed by atoms with Crippen molar-refractivity contribution in [3.05, 3.63) is 64.1 Å². The third kappa shape index (κ3) is 4.97. The number of carbonyl (C=O) groups is 2. The summed E-state index contributed by atoms with van der Waals surface area (Å²) in [4.78, 5) is 24.3. The molecule has 3 rings (SSSR count). The largest absolute Gasteiger partial charge is 0.356 e. The summed E-state index contributed by atoms with van der Waals surface area (Å²) < 4.78 is 0. The molecule has 0 radical (unpaired) electrons. The topological polar surface area (TPSA) is 58.2 Å². The van der Waals surface area contributed by atoms with Gasteiger partial charge in [-0.25, -0.2) is 0 Å². The van der Waals surface area contributed by atoms with Crippen LogP contribution in [0.2, 0.25) is 10.0 Å². The van der Waals surface area contributed by atoms with Crippen molar-refractivity contribution in [3.8, 4) is 0 Å². The zero-order valence-corrected chi connectivity index (χ0v) is 15.0. The molecule has 25 heavy (non-hydrogen) atoms. The van der Waals surface area contributed by atoms with Gasteiger partial charge in [-0.2, -0.15) is 0 Å². The molecule has 2 unspecified atom stereocenters. The Bertz CT molecular complexity index is 760. The van der Waals surface area contributed by atoms with Crippen molar-refractivity contribution >= 4 is 40.7 Å². The van der Waals surface area contributed by atoms with Gasteiger partial charge in [0.2, 0.25) is 11.8 Å². The summed E-state index contributed by atoms with van der Waals surface area (Å²) in [5.74, 6) is -0.686. The van der Waals surface area contributed by atoms with Crippen LogP contribution in [0.15, 0.2) is 48.5 Å². The second-order valence-corrected chi connectivity index (χ2v) is 6.99. The van der Waals surface area contributed by atoms with Gasteiger partial charge in [0.1, 0.15) is 0 Å². The maximum Gasteiger partial charge on any atom is 0.228 e. The SMILES string of the molecule is O=C(NCCc1ccc(Cl)cc1)C1CC1C(=O)Nc1ccc(Cl)cc1. The van der Waals surface area contributed by atoms with Crippen molar-refractivity contribution in [3.63, 3.8) is 0 Å². The predicted molar refractivity (Wildman–Crippen MR) is 99.8 cm³/mol. The highest BCUT2D eigenvalue weighted by Crippen LogP contribution is 2.39. The molecular formula is C19H18Cl2N2O2. The monoisotopic (exact) mass is 376 g/mol. The summed E-state index contributed by atoms with van der Waals surface area (Å²) in [5.41, 5.74) is 1.79. The number of benzene rings is 2. The van der Waals surface area contributed by atoms with Crippen LogP contribution in [0.3, 0.4) is 0 Å². The normalized spacial score (nSPS) is 18.5. The number of amides is 2. The van der Waals surface area contributed by atoms with Gasteiger partial charge in [0.05, 0.1) is 11.8 Å². The summed E-state index contributed by atoms with van der Waals surface area (Å²) in [6.45, 7) is 0.544. The summed E-state index contributed by atoms with van der Waals surface area (Å²) in [6, 6.07) is 14.4. The third-order valence-corrected chi connectivity index (χ3v) is 4.71. The minimum atomic E-state index is -0.258. The van der Waals surface area contributed by atoms with E-state index in [1.54, 1.807) is 24.3 Å². The van der Waals surface area contributed by atoms with Crippen LogP contribution in [-0.2, 0) is 16.0 Å². The zero-order chi connectivity index (χ0) is 17.8. The fourth-order valence-corrected chi connectivity index (χ4v) is 2.91. The van der Waals surface area contributed by atoms with Crippen LogP contribution in [0.1, 0.15) is 12.0 Å². The molecule has 0 aromatic heterocycles. The molecule has 1 aliphatic carbocycles. The van der Waals surface area contributed by atoms with Crippen LogP contribution in [0.4, 0.5) is 5.69 Å². The van der Waals surface area contributed by atoms with Gasteiger partial charge in [0.25, 0.3) is 0 Å². The Balaban J connectivity index is 1.41. The second-order valence-electron chi connectivity index (χ2n) is 6.11. The highest BCUT2D eigenvalue weighted by molar-refractivity contribution is 6.30. The van der Waals surface area contributed by atoms with Crippen molar-refractivity contribution in [2.24, 2.45) is 11.8 Å². The predicted octanol–water partition coefficient (Wildman–Crippen LogP) is 3.93. The quantitative estimate of drug-likeness (QED) is 0.802. The maximum atomic E-state index is 12.2. The minimum Gasteiger partial charge on any atom is -0.356 e. The average Bonchev–Trinajstić information content (AvgIpc) is 3.39. The number of halogens is 2. The lowest BCUT2D eigenvalue weighted by molar-refractivity contribution is -0.125. The smallest absolute Gasteiger partial charge is 0.228 e. The minimum absolute atomic E-state index is 0.0646. The number of hydrogen-bond acceptors (Lipinski definition) is 2. The molecule has 2 amide bonds.